The molecule has 1 aliphatic carbocycles. The minimum absolute atomic E-state index is 0.127. The van der Waals surface area contributed by atoms with Crippen LogP contribution in [-0.2, 0) is 17.8 Å². The average Bonchev–Trinajstić information content (AvgIpc) is 2.73. The van der Waals surface area contributed by atoms with E-state index < -0.39 is 0 Å². The van der Waals surface area contributed by atoms with Crippen molar-refractivity contribution in [1.82, 2.24) is 0 Å². The number of aromatic nitrogens is 1. The Labute approximate surface area is 169 Å². The number of hydrogen-bond acceptors (Lipinski definition) is 3. The van der Waals surface area contributed by atoms with Crippen LogP contribution in [0.25, 0.3) is 0 Å². The number of anilines is 1. The summed E-state index contributed by atoms with van der Waals surface area (Å²) in [5.74, 6) is -0.700. The first-order valence-corrected chi connectivity index (χ1v) is 9.60. The molecule has 1 aliphatic rings. The number of rotatable bonds is 4. The van der Waals surface area contributed by atoms with E-state index in [0.29, 0.717) is 22.4 Å². The molecule has 5 heteroatoms. The van der Waals surface area contributed by atoms with Crippen molar-refractivity contribution in [3.05, 3.63) is 94.3 Å². The first kappa shape index (κ1) is 18.7. The van der Waals surface area contributed by atoms with Crippen molar-refractivity contribution in [3.8, 4) is 0 Å². The third-order valence-corrected chi connectivity index (χ3v) is 5.26. The second-order valence-electron chi connectivity index (χ2n) is 7.14. The van der Waals surface area contributed by atoms with Gasteiger partial charge < -0.3 is 5.32 Å². The molecule has 1 amide bonds. The van der Waals surface area contributed by atoms with E-state index in [0.717, 1.165) is 17.7 Å². The van der Waals surface area contributed by atoms with E-state index in [9.17, 15) is 14.4 Å². The first-order chi connectivity index (χ1) is 14.0. The molecule has 0 fully saturated rings. The number of carbonyl (C=O) groups excluding carboxylic acids is 3. The van der Waals surface area contributed by atoms with Crippen molar-refractivity contribution in [2.75, 3.05) is 5.32 Å². The minimum Gasteiger partial charge on any atom is -0.320 e. The highest BCUT2D eigenvalue weighted by atomic mass is 16.2. The number of ketones is 2. The summed E-state index contributed by atoms with van der Waals surface area (Å²) in [6.45, 7) is 4.13. The summed E-state index contributed by atoms with van der Waals surface area (Å²) in [5.41, 5.74) is 3.82. The highest BCUT2D eigenvalue weighted by Gasteiger charge is 2.31. The Bertz CT molecular complexity index is 1160. The van der Waals surface area contributed by atoms with Crippen LogP contribution >= 0.6 is 0 Å². The molecule has 0 unspecified atom stereocenters. The predicted octanol–water partition coefficient (Wildman–Crippen LogP) is 3.26. The van der Waals surface area contributed by atoms with Crippen LogP contribution in [0.15, 0.2) is 60.8 Å². The number of carbonyl (C=O) groups is 3. The van der Waals surface area contributed by atoms with E-state index in [2.05, 4.69) is 12.2 Å². The van der Waals surface area contributed by atoms with Gasteiger partial charge in [0.1, 0.15) is 0 Å². The van der Waals surface area contributed by atoms with Crippen LogP contribution in [0.3, 0.4) is 0 Å². The van der Waals surface area contributed by atoms with Crippen LogP contribution in [0.1, 0.15) is 50.0 Å². The topological polar surface area (TPSA) is 67.1 Å². The van der Waals surface area contributed by atoms with Gasteiger partial charge in [0.25, 0.3) is 5.91 Å². The van der Waals surface area contributed by atoms with E-state index in [4.69, 9.17) is 0 Å². The molecule has 5 nitrogen and oxygen atoms in total. The van der Waals surface area contributed by atoms with Gasteiger partial charge in [0, 0.05) is 35.2 Å². The quantitative estimate of drug-likeness (QED) is 0.549. The van der Waals surface area contributed by atoms with Gasteiger partial charge in [-0.05, 0) is 18.6 Å². The van der Waals surface area contributed by atoms with Crippen LogP contribution in [0, 0.1) is 6.92 Å². The maximum Gasteiger partial charge on any atom is 0.290 e. The zero-order valence-corrected chi connectivity index (χ0v) is 16.4. The maximum absolute atomic E-state index is 13.0. The third-order valence-electron chi connectivity index (χ3n) is 5.26. The number of aryl methyl sites for hydroxylation is 2. The van der Waals surface area contributed by atoms with Crippen molar-refractivity contribution >= 4 is 23.2 Å². The van der Waals surface area contributed by atoms with Gasteiger partial charge in [-0.15, -0.1) is 0 Å². The van der Waals surface area contributed by atoms with Crippen molar-refractivity contribution in [1.29, 1.82) is 0 Å². The Morgan fingerprint density at radius 3 is 2.31 bits per heavy atom. The molecule has 3 aromatic rings. The van der Waals surface area contributed by atoms with Gasteiger partial charge in [-0.1, -0.05) is 43.3 Å². The standard InChI is InChI=1S/C24H20N2O3/c1-3-16-12-11-15(2)26(13-16)14-21(27)25-20-10-6-9-19-22(20)24(29)18-8-5-4-7-17(18)23(19)28/h4-13H,3,14H2,1-2H3/p+1. The number of pyridine rings is 1. The molecule has 0 saturated carbocycles. The molecule has 0 radical (unpaired) electrons. The van der Waals surface area contributed by atoms with Crippen LogP contribution in [-0.4, -0.2) is 17.5 Å². The van der Waals surface area contributed by atoms with E-state index in [1.165, 1.54) is 0 Å². The molecule has 4 rings (SSSR count). The largest absolute Gasteiger partial charge is 0.320 e. The van der Waals surface area contributed by atoms with Crippen LogP contribution in [0.4, 0.5) is 5.69 Å². The molecular weight excluding hydrogens is 364 g/mol. The second-order valence-corrected chi connectivity index (χ2v) is 7.14. The van der Waals surface area contributed by atoms with Crippen LogP contribution < -0.4 is 9.88 Å². The Balaban J connectivity index is 1.65. The van der Waals surface area contributed by atoms with Gasteiger partial charge in [-0.3, -0.25) is 14.4 Å². The lowest BCUT2D eigenvalue weighted by Gasteiger charge is -2.20. The van der Waals surface area contributed by atoms with Gasteiger partial charge in [0.05, 0.1) is 11.3 Å². The van der Waals surface area contributed by atoms with Gasteiger partial charge in [-0.2, -0.15) is 4.57 Å². The molecule has 0 spiro atoms. The van der Waals surface area contributed by atoms with Gasteiger partial charge in [0.15, 0.2) is 23.5 Å². The van der Waals surface area contributed by atoms with Gasteiger partial charge >= 0.3 is 0 Å². The lowest BCUT2D eigenvalue weighted by atomic mass is 9.83. The fraction of sp³-hybridized carbons (Fsp3) is 0.167. The van der Waals surface area contributed by atoms with E-state index in [1.807, 2.05) is 29.8 Å². The molecule has 1 N–H and O–H groups in total. The first-order valence-electron chi connectivity index (χ1n) is 9.60. The minimum atomic E-state index is -0.251. The molecule has 0 aliphatic heterocycles. The summed E-state index contributed by atoms with van der Waals surface area (Å²) in [6.07, 6.45) is 2.84. The predicted molar refractivity (Wildman–Crippen MR) is 109 cm³/mol. The SMILES string of the molecule is CCc1ccc(C)[n+](CC(=O)Nc2cccc3c2C(=O)c2ccccc2C3=O)c1. The molecule has 1 aromatic heterocycles. The smallest absolute Gasteiger partial charge is 0.290 e. The molecule has 0 atom stereocenters. The number of benzene rings is 2. The molecule has 0 saturated heterocycles. The van der Waals surface area contributed by atoms with E-state index in [1.54, 1.807) is 42.5 Å². The van der Waals surface area contributed by atoms with Gasteiger partial charge in [0.2, 0.25) is 6.54 Å². The number of fused-ring (bicyclic) bond motifs is 2. The average molecular weight is 385 g/mol. The Morgan fingerprint density at radius 2 is 1.59 bits per heavy atom. The lowest BCUT2D eigenvalue weighted by Crippen LogP contribution is -2.43. The monoisotopic (exact) mass is 385 g/mol. The number of nitrogens with one attached hydrogen (secondary N) is 1. The van der Waals surface area contributed by atoms with Crippen LogP contribution in [0.5, 0.6) is 0 Å². The fourth-order valence-corrected chi connectivity index (χ4v) is 3.64. The highest BCUT2D eigenvalue weighted by molar-refractivity contribution is 6.30. The molecule has 2 aromatic carbocycles. The summed E-state index contributed by atoms with van der Waals surface area (Å²) in [4.78, 5) is 38.6. The summed E-state index contributed by atoms with van der Waals surface area (Å²) in [7, 11) is 0. The fourth-order valence-electron chi connectivity index (χ4n) is 3.64. The van der Waals surface area contributed by atoms with E-state index >= 15 is 0 Å². The Morgan fingerprint density at radius 1 is 0.897 bits per heavy atom. The zero-order chi connectivity index (χ0) is 20.5. The summed E-state index contributed by atoms with van der Waals surface area (Å²) >= 11 is 0. The third kappa shape index (κ3) is 3.36. The maximum atomic E-state index is 13.0. The van der Waals surface area contributed by atoms with Crippen molar-refractivity contribution in [3.63, 3.8) is 0 Å². The summed E-state index contributed by atoms with van der Waals surface area (Å²) < 4.78 is 1.88. The number of amides is 1. The van der Waals surface area contributed by atoms with Crippen molar-refractivity contribution in [2.45, 2.75) is 26.8 Å². The molecule has 144 valence electrons. The van der Waals surface area contributed by atoms with Crippen molar-refractivity contribution in [2.24, 2.45) is 0 Å². The molecular formula is C24H21N2O3+. The number of nitrogens with zero attached hydrogens (tertiary/aromatic N) is 1. The number of hydrogen-bond donors (Lipinski definition) is 1. The second kappa shape index (κ2) is 7.43. The zero-order valence-electron chi connectivity index (χ0n) is 16.4. The molecule has 0 bridgehead atoms. The lowest BCUT2D eigenvalue weighted by molar-refractivity contribution is -0.690. The highest BCUT2D eigenvalue weighted by Crippen LogP contribution is 2.31. The van der Waals surface area contributed by atoms with Crippen LogP contribution in [0.2, 0.25) is 0 Å². The van der Waals surface area contributed by atoms with Crippen molar-refractivity contribution < 1.29 is 19.0 Å². The molecule has 29 heavy (non-hydrogen) atoms. The Kier molecular flexibility index (Phi) is 4.80. The molecule has 1 heterocycles. The summed E-state index contributed by atoms with van der Waals surface area (Å²) in [5, 5.41) is 2.83. The van der Waals surface area contributed by atoms with E-state index in [-0.39, 0.29) is 29.6 Å². The van der Waals surface area contributed by atoms with Gasteiger partial charge in [-0.25, -0.2) is 0 Å². The summed E-state index contributed by atoms with van der Waals surface area (Å²) in [6, 6.07) is 15.8. The normalized spacial score (nSPS) is 12.3. The Hall–Kier alpha value is -3.60.